The molecule has 1 N–H and O–H groups in total. The van der Waals surface area contributed by atoms with Crippen LogP contribution in [0.2, 0.25) is 15.1 Å². The molecule has 1 saturated heterocycles. The fraction of sp³-hybridized carbons (Fsp3) is 0.538. The zero-order valence-electron chi connectivity index (χ0n) is 11.0. The first-order valence-electron chi connectivity index (χ1n) is 6.40. The minimum Gasteiger partial charge on any atom is -0.307 e. The molecule has 1 heterocycles. The number of rotatable bonds is 3. The Balaban J connectivity index is 2.06. The van der Waals surface area contributed by atoms with Crippen LogP contribution in [-0.4, -0.2) is 26.0 Å². The van der Waals surface area contributed by atoms with Gasteiger partial charge in [-0.25, -0.2) is 8.42 Å². The summed E-state index contributed by atoms with van der Waals surface area (Å²) in [4.78, 5) is 0. The van der Waals surface area contributed by atoms with Gasteiger partial charge in [-0.1, -0.05) is 40.9 Å². The average molecular weight is 357 g/mol. The quantitative estimate of drug-likeness (QED) is 0.836. The number of nitrogens with one attached hydrogen (secondary N) is 1. The van der Waals surface area contributed by atoms with Crippen molar-refractivity contribution in [3.63, 3.8) is 0 Å². The van der Waals surface area contributed by atoms with Crippen LogP contribution in [0.3, 0.4) is 0 Å². The zero-order valence-corrected chi connectivity index (χ0v) is 14.1. The lowest BCUT2D eigenvalue weighted by Crippen LogP contribution is -2.38. The second-order valence-electron chi connectivity index (χ2n) is 5.08. The van der Waals surface area contributed by atoms with E-state index in [2.05, 4.69) is 5.32 Å². The standard InChI is InChI=1S/C13H16Cl3NO2S/c1-8(10-2-3-11(14)13(16)12(10)15)17-9-4-6-20(18,19)7-5-9/h2-3,8-9,17H,4-7H2,1H3. The molecule has 1 aliphatic rings. The highest BCUT2D eigenvalue weighted by atomic mass is 35.5. The van der Waals surface area contributed by atoms with E-state index in [1.165, 1.54) is 0 Å². The van der Waals surface area contributed by atoms with Crippen LogP contribution in [0, 0.1) is 0 Å². The fourth-order valence-corrected chi connectivity index (χ4v) is 4.57. The molecule has 112 valence electrons. The van der Waals surface area contributed by atoms with Crippen LogP contribution >= 0.6 is 34.8 Å². The Labute approximate surface area is 134 Å². The summed E-state index contributed by atoms with van der Waals surface area (Å²) in [6.45, 7) is 1.98. The van der Waals surface area contributed by atoms with Crippen molar-refractivity contribution in [2.45, 2.75) is 31.8 Å². The second-order valence-corrected chi connectivity index (χ2v) is 8.55. The Bertz CT molecular complexity index is 590. The Hall–Kier alpha value is -0.000000000000000167. The molecular weight excluding hydrogens is 341 g/mol. The SMILES string of the molecule is CC(NC1CCS(=O)(=O)CC1)c1ccc(Cl)c(Cl)c1Cl. The van der Waals surface area contributed by atoms with Gasteiger partial charge in [0.1, 0.15) is 9.84 Å². The molecule has 1 aliphatic heterocycles. The van der Waals surface area contributed by atoms with Crippen LogP contribution in [-0.2, 0) is 9.84 Å². The van der Waals surface area contributed by atoms with Gasteiger partial charge in [-0.05, 0) is 31.4 Å². The minimum absolute atomic E-state index is 0.0110. The molecule has 0 saturated carbocycles. The van der Waals surface area contributed by atoms with E-state index in [1.54, 1.807) is 6.07 Å². The second kappa shape index (κ2) is 6.41. The zero-order chi connectivity index (χ0) is 14.9. The van der Waals surface area contributed by atoms with Gasteiger partial charge >= 0.3 is 0 Å². The van der Waals surface area contributed by atoms with E-state index < -0.39 is 9.84 Å². The molecule has 7 heteroatoms. The Kier molecular flexibility index (Phi) is 5.24. The maximum Gasteiger partial charge on any atom is 0.150 e. The topological polar surface area (TPSA) is 46.2 Å². The van der Waals surface area contributed by atoms with E-state index >= 15 is 0 Å². The van der Waals surface area contributed by atoms with Gasteiger partial charge in [-0.3, -0.25) is 0 Å². The van der Waals surface area contributed by atoms with Crippen molar-refractivity contribution in [3.8, 4) is 0 Å². The molecule has 0 spiro atoms. The lowest BCUT2D eigenvalue weighted by molar-refractivity contribution is 0.420. The van der Waals surface area contributed by atoms with Crippen LogP contribution in [0.25, 0.3) is 0 Å². The van der Waals surface area contributed by atoms with Gasteiger partial charge < -0.3 is 5.32 Å². The molecule has 20 heavy (non-hydrogen) atoms. The first-order valence-corrected chi connectivity index (χ1v) is 9.35. The molecule has 0 aromatic heterocycles. The van der Waals surface area contributed by atoms with E-state index in [1.807, 2.05) is 13.0 Å². The number of hydrogen-bond acceptors (Lipinski definition) is 3. The summed E-state index contributed by atoms with van der Waals surface area (Å²) in [6, 6.07) is 3.73. The van der Waals surface area contributed by atoms with Gasteiger partial charge in [-0.15, -0.1) is 0 Å². The summed E-state index contributed by atoms with van der Waals surface area (Å²) in [5, 5.41) is 4.64. The van der Waals surface area contributed by atoms with Crippen molar-refractivity contribution in [2.24, 2.45) is 0 Å². The van der Waals surface area contributed by atoms with E-state index in [9.17, 15) is 8.42 Å². The van der Waals surface area contributed by atoms with Gasteiger partial charge in [0.05, 0.1) is 26.6 Å². The third-order valence-electron chi connectivity index (χ3n) is 3.57. The van der Waals surface area contributed by atoms with Gasteiger partial charge in [0.25, 0.3) is 0 Å². The molecule has 0 radical (unpaired) electrons. The summed E-state index contributed by atoms with van der Waals surface area (Å²) in [7, 11) is -2.84. The molecule has 0 bridgehead atoms. The molecule has 1 unspecified atom stereocenters. The third-order valence-corrected chi connectivity index (χ3v) is 6.60. The van der Waals surface area contributed by atoms with Crippen LogP contribution in [0.1, 0.15) is 31.4 Å². The molecule has 2 rings (SSSR count). The van der Waals surface area contributed by atoms with E-state index in [0.717, 1.165) is 5.56 Å². The largest absolute Gasteiger partial charge is 0.307 e. The number of sulfone groups is 1. The molecule has 0 amide bonds. The molecule has 3 nitrogen and oxygen atoms in total. The highest BCUT2D eigenvalue weighted by molar-refractivity contribution is 7.91. The van der Waals surface area contributed by atoms with Crippen LogP contribution in [0.5, 0.6) is 0 Å². The number of benzene rings is 1. The molecule has 1 atom stereocenters. The van der Waals surface area contributed by atoms with Crippen molar-refractivity contribution in [2.75, 3.05) is 11.5 Å². The van der Waals surface area contributed by atoms with Gasteiger partial charge in [-0.2, -0.15) is 0 Å². The normalized spacial score (nSPS) is 20.8. The van der Waals surface area contributed by atoms with E-state index in [4.69, 9.17) is 34.8 Å². The van der Waals surface area contributed by atoms with Crippen LogP contribution < -0.4 is 5.32 Å². The summed E-state index contributed by atoms with van der Waals surface area (Å²) in [6.07, 6.45) is 1.26. The van der Waals surface area contributed by atoms with E-state index in [-0.39, 0.29) is 23.6 Å². The van der Waals surface area contributed by atoms with Gasteiger partial charge in [0.2, 0.25) is 0 Å². The first kappa shape index (κ1) is 16.4. The summed E-state index contributed by atoms with van der Waals surface area (Å²) >= 11 is 18.2. The Morgan fingerprint density at radius 1 is 1.15 bits per heavy atom. The molecule has 1 fully saturated rings. The molecule has 1 aromatic carbocycles. The number of halogens is 3. The molecule has 1 aromatic rings. The molecule has 0 aliphatic carbocycles. The van der Waals surface area contributed by atoms with E-state index in [0.29, 0.717) is 27.9 Å². The lowest BCUT2D eigenvalue weighted by atomic mass is 10.1. The highest BCUT2D eigenvalue weighted by Gasteiger charge is 2.25. The Morgan fingerprint density at radius 3 is 2.35 bits per heavy atom. The van der Waals surface area contributed by atoms with Crippen molar-refractivity contribution >= 4 is 44.6 Å². The predicted octanol–water partition coefficient (Wildman–Crippen LogP) is 3.87. The highest BCUT2D eigenvalue weighted by Crippen LogP contribution is 2.35. The summed E-state index contributed by atoms with van der Waals surface area (Å²) in [5.74, 6) is 0.485. The Morgan fingerprint density at radius 2 is 1.75 bits per heavy atom. The minimum atomic E-state index is -2.84. The van der Waals surface area contributed by atoms with Crippen molar-refractivity contribution in [1.82, 2.24) is 5.32 Å². The average Bonchev–Trinajstić information content (AvgIpc) is 2.38. The third kappa shape index (κ3) is 3.80. The smallest absolute Gasteiger partial charge is 0.150 e. The monoisotopic (exact) mass is 355 g/mol. The van der Waals surface area contributed by atoms with Crippen LogP contribution in [0.15, 0.2) is 12.1 Å². The summed E-state index contributed by atoms with van der Waals surface area (Å²) in [5.41, 5.74) is 0.870. The molecular formula is C13H16Cl3NO2S. The summed E-state index contributed by atoms with van der Waals surface area (Å²) < 4.78 is 22.8. The van der Waals surface area contributed by atoms with Crippen molar-refractivity contribution in [3.05, 3.63) is 32.8 Å². The maximum absolute atomic E-state index is 11.4. The van der Waals surface area contributed by atoms with Gasteiger partial charge in [0.15, 0.2) is 0 Å². The van der Waals surface area contributed by atoms with Crippen molar-refractivity contribution in [1.29, 1.82) is 0 Å². The first-order chi connectivity index (χ1) is 9.30. The predicted molar refractivity (Wildman–Crippen MR) is 84.7 cm³/mol. The maximum atomic E-state index is 11.4. The van der Waals surface area contributed by atoms with Gasteiger partial charge in [0, 0.05) is 12.1 Å². The number of hydrogen-bond donors (Lipinski definition) is 1. The lowest BCUT2D eigenvalue weighted by Gasteiger charge is -2.27. The fourth-order valence-electron chi connectivity index (χ4n) is 2.38. The van der Waals surface area contributed by atoms with Crippen LogP contribution in [0.4, 0.5) is 0 Å². The van der Waals surface area contributed by atoms with Crippen molar-refractivity contribution < 1.29 is 8.42 Å².